The third kappa shape index (κ3) is 2.74. The average molecular weight is 228 g/mol. The van der Waals surface area contributed by atoms with Gasteiger partial charge in [0.25, 0.3) is 0 Å². The van der Waals surface area contributed by atoms with Crippen LogP contribution in [0.3, 0.4) is 0 Å². The summed E-state index contributed by atoms with van der Waals surface area (Å²) in [6.07, 6.45) is 3.11. The van der Waals surface area contributed by atoms with Crippen molar-refractivity contribution in [1.82, 2.24) is 4.90 Å². The van der Waals surface area contributed by atoms with Gasteiger partial charge in [0.15, 0.2) is 0 Å². The van der Waals surface area contributed by atoms with Crippen LogP contribution in [0.1, 0.15) is 39.5 Å². The van der Waals surface area contributed by atoms with Crippen LogP contribution in [0.15, 0.2) is 0 Å². The van der Waals surface area contributed by atoms with Gasteiger partial charge in [0.2, 0.25) is 5.91 Å². The van der Waals surface area contributed by atoms with Gasteiger partial charge in [0.05, 0.1) is 11.5 Å². The first-order valence-electron chi connectivity index (χ1n) is 6.07. The summed E-state index contributed by atoms with van der Waals surface area (Å²) in [4.78, 5) is 14.0. The number of carbonyl (C=O) groups is 1. The molecule has 4 nitrogen and oxygen atoms in total. The Morgan fingerprint density at radius 2 is 2.31 bits per heavy atom. The molecule has 0 heterocycles. The molecular formula is C12H24N2O2. The number of nitrogens with two attached hydrogens (primary N) is 1. The van der Waals surface area contributed by atoms with Gasteiger partial charge in [-0.05, 0) is 33.1 Å². The van der Waals surface area contributed by atoms with Crippen LogP contribution in [0.2, 0.25) is 0 Å². The Hall–Kier alpha value is -0.610. The summed E-state index contributed by atoms with van der Waals surface area (Å²) in [5.41, 5.74) is 5.62. The lowest BCUT2D eigenvalue weighted by Gasteiger charge is -2.32. The van der Waals surface area contributed by atoms with E-state index < -0.39 is 5.41 Å². The molecule has 0 aliphatic heterocycles. The summed E-state index contributed by atoms with van der Waals surface area (Å²) in [6.45, 7) is 4.30. The van der Waals surface area contributed by atoms with E-state index in [2.05, 4.69) is 0 Å². The molecule has 1 aliphatic carbocycles. The summed E-state index contributed by atoms with van der Waals surface area (Å²) < 4.78 is 0. The van der Waals surface area contributed by atoms with Crippen molar-refractivity contribution in [3.8, 4) is 0 Å². The first-order chi connectivity index (χ1) is 7.38. The Morgan fingerprint density at radius 1 is 1.69 bits per heavy atom. The maximum Gasteiger partial charge on any atom is 0.229 e. The minimum atomic E-state index is -0.395. The monoisotopic (exact) mass is 228 g/mol. The molecule has 3 unspecified atom stereocenters. The Bertz CT molecular complexity index is 255. The van der Waals surface area contributed by atoms with Crippen LogP contribution < -0.4 is 5.73 Å². The average Bonchev–Trinajstić information content (AvgIpc) is 2.56. The third-order valence-corrected chi connectivity index (χ3v) is 3.75. The molecule has 1 saturated carbocycles. The van der Waals surface area contributed by atoms with Crippen LogP contribution in [0.25, 0.3) is 0 Å². The van der Waals surface area contributed by atoms with E-state index in [1.807, 2.05) is 6.92 Å². The minimum absolute atomic E-state index is 0.0194. The van der Waals surface area contributed by atoms with E-state index >= 15 is 0 Å². The lowest BCUT2D eigenvalue weighted by molar-refractivity contribution is -0.140. The van der Waals surface area contributed by atoms with Crippen molar-refractivity contribution < 1.29 is 9.90 Å². The predicted molar refractivity (Wildman–Crippen MR) is 63.9 cm³/mol. The Kier molecular flexibility index (Phi) is 4.33. The quantitative estimate of drug-likeness (QED) is 0.745. The van der Waals surface area contributed by atoms with E-state index in [0.717, 1.165) is 19.3 Å². The fourth-order valence-corrected chi connectivity index (χ4v) is 2.38. The van der Waals surface area contributed by atoms with E-state index in [4.69, 9.17) is 5.73 Å². The highest BCUT2D eigenvalue weighted by molar-refractivity contribution is 5.83. The van der Waals surface area contributed by atoms with Crippen molar-refractivity contribution in [3.63, 3.8) is 0 Å². The molecule has 3 atom stereocenters. The van der Waals surface area contributed by atoms with E-state index in [1.54, 1.807) is 18.9 Å². The first-order valence-corrected chi connectivity index (χ1v) is 6.07. The third-order valence-electron chi connectivity index (χ3n) is 3.75. The number of amides is 1. The van der Waals surface area contributed by atoms with Crippen molar-refractivity contribution in [3.05, 3.63) is 0 Å². The highest BCUT2D eigenvalue weighted by atomic mass is 16.3. The first kappa shape index (κ1) is 13.5. The van der Waals surface area contributed by atoms with Gasteiger partial charge in [-0.3, -0.25) is 4.79 Å². The van der Waals surface area contributed by atoms with Crippen LogP contribution >= 0.6 is 0 Å². The van der Waals surface area contributed by atoms with Crippen molar-refractivity contribution >= 4 is 5.91 Å². The molecule has 4 heteroatoms. The van der Waals surface area contributed by atoms with Crippen LogP contribution in [0, 0.1) is 5.41 Å². The van der Waals surface area contributed by atoms with E-state index in [9.17, 15) is 9.90 Å². The molecule has 3 N–H and O–H groups in total. The van der Waals surface area contributed by atoms with E-state index in [0.29, 0.717) is 13.0 Å². The number of hydrogen-bond acceptors (Lipinski definition) is 3. The maximum atomic E-state index is 12.3. The molecule has 0 aromatic heterocycles. The normalized spacial score (nSPS) is 31.4. The number of nitrogens with zero attached hydrogens (tertiary/aromatic N) is 1. The molecule has 1 amide bonds. The summed E-state index contributed by atoms with van der Waals surface area (Å²) >= 11 is 0. The van der Waals surface area contributed by atoms with Crippen molar-refractivity contribution in [1.29, 1.82) is 0 Å². The molecule has 1 aliphatic rings. The number of carbonyl (C=O) groups excluding carboxylic acids is 1. The zero-order valence-electron chi connectivity index (χ0n) is 10.6. The molecule has 0 bridgehead atoms. The lowest BCUT2D eigenvalue weighted by atomic mass is 9.83. The van der Waals surface area contributed by atoms with Crippen molar-refractivity contribution in [2.75, 3.05) is 13.6 Å². The molecule has 0 radical (unpaired) electrons. The van der Waals surface area contributed by atoms with E-state index in [-0.39, 0.29) is 18.1 Å². The molecular weight excluding hydrogens is 204 g/mol. The van der Waals surface area contributed by atoms with Gasteiger partial charge in [-0.2, -0.15) is 0 Å². The van der Waals surface area contributed by atoms with Crippen LogP contribution in [-0.4, -0.2) is 41.7 Å². The SMILES string of the molecule is CC(O)CCN(C)C(=O)C1(C)CCCC1N. The highest BCUT2D eigenvalue weighted by Crippen LogP contribution is 2.38. The molecule has 0 aromatic carbocycles. The summed E-state index contributed by atoms with van der Waals surface area (Å²) in [7, 11) is 1.79. The van der Waals surface area contributed by atoms with Crippen LogP contribution in [0.5, 0.6) is 0 Å². The van der Waals surface area contributed by atoms with Gasteiger partial charge in [0, 0.05) is 19.6 Å². The summed E-state index contributed by atoms with van der Waals surface area (Å²) in [6, 6.07) is -0.0194. The standard InChI is InChI=1S/C12H24N2O2/c1-9(15)6-8-14(3)11(16)12(2)7-4-5-10(12)13/h9-10,15H,4-8,13H2,1-3H3. The predicted octanol–water partition coefficient (Wildman–Crippen LogP) is 0.733. The Morgan fingerprint density at radius 3 is 2.75 bits per heavy atom. The van der Waals surface area contributed by atoms with Gasteiger partial charge in [0.1, 0.15) is 0 Å². The summed E-state index contributed by atoms with van der Waals surface area (Å²) in [5.74, 6) is 0.123. The van der Waals surface area contributed by atoms with Gasteiger partial charge in [-0.15, -0.1) is 0 Å². The Labute approximate surface area is 97.8 Å². The molecule has 0 aromatic rings. The van der Waals surface area contributed by atoms with Gasteiger partial charge in [-0.25, -0.2) is 0 Å². The Balaban J connectivity index is 2.56. The van der Waals surface area contributed by atoms with Crippen molar-refractivity contribution in [2.45, 2.75) is 51.7 Å². The maximum absolute atomic E-state index is 12.3. The van der Waals surface area contributed by atoms with Crippen LogP contribution in [-0.2, 0) is 4.79 Å². The fourth-order valence-electron chi connectivity index (χ4n) is 2.38. The molecule has 0 spiro atoms. The number of rotatable bonds is 4. The van der Waals surface area contributed by atoms with Crippen LogP contribution in [0.4, 0.5) is 0 Å². The second-order valence-electron chi connectivity index (χ2n) is 5.28. The largest absolute Gasteiger partial charge is 0.393 e. The number of aliphatic hydroxyl groups excluding tert-OH is 1. The number of hydrogen-bond donors (Lipinski definition) is 2. The lowest BCUT2D eigenvalue weighted by Crippen LogP contribution is -2.48. The fraction of sp³-hybridized carbons (Fsp3) is 0.917. The highest BCUT2D eigenvalue weighted by Gasteiger charge is 2.44. The smallest absolute Gasteiger partial charge is 0.229 e. The van der Waals surface area contributed by atoms with Gasteiger partial charge in [-0.1, -0.05) is 6.42 Å². The zero-order chi connectivity index (χ0) is 12.3. The topological polar surface area (TPSA) is 66.6 Å². The van der Waals surface area contributed by atoms with Gasteiger partial charge >= 0.3 is 0 Å². The molecule has 1 rings (SSSR count). The molecule has 1 fully saturated rings. The summed E-state index contributed by atoms with van der Waals surface area (Å²) in [5, 5.41) is 9.20. The van der Waals surface area contributed by atoms with E-state index in [1.165, 1.54) is 0 Å². The van der Waals surface area contributed by atoms with Gasteiger partial charge < -0.3 is 15.7 Å². The molecule has 0 saturated heterocycles. The number of aliphatic hydroxyl groups is 1. The molecule has 16 heavy (non-hydrogen) atoms. The minimum Gasteiger partial charge on any atom is -0.393 e. The molecule has 94 valence electrons. The second kappa shape index (κ2) is 5.15. The zero-order valence-corrected chi connectivity index (χ0v) is 10.6. The second-order valence-corrected chi connectivity index (χ2v) is 5.28. The van der Waals surface area contributed by atoms with Crippen molar-refractivity contribution in [2.24, 2.45) is 11.1 Å².